The van der Waals surface area contributed by atoms with Crippen molar-refractivity contribution < 1.29 is 4.42 Å². The van der Waals surface area contributed by atoms with Gasteiger partial charge in [0.15, 0.2) is 0 Å². The van der Waals surface area contributed by atoms with E-state index in [1.165, 1.54) is 17.5 Å². The molecule has 3 heteroatoms. The van der Waals surface area contributed by atoms with Crippen LogP contribution < -0.4 is 0 Å². The van der Waals surface area contributed by atoms with Crippen LogP contribution in [0.25, 0.3) is 22.9 Å². The zero-order valence-electron chi connectivity index (χ0n) is 17.1. The van der Waals surface area contributed by atoms with Gasteiger partial charge in [-0.15, -0.1) is 10.2 Å². The van der Waals surface area contributed by atoms with Gasteiger partial charge in [0.1, 0.15) is 0 Å². The third kappa shape index (κ3) is 8.14. The molecule has 0 aliphatic carbocycles. The molecule has 3 nitrogen and oxygen atoms in total. The standard InChI is InChI=1S/C14H10N2O.C8H10.C3H8.CH4/c1-3-7-11(8-4-1)13-15-16-14(17-13)12-9-5-2-6-10-12;1-7-3-5-8(2)6-4-7;1-3-2;/h1-10H;3-6H,1-2H3;3H2,1-2H3;1H4. The summed E-state index contributed by atoms with van der Waals surface area (Å²) in [6, 6.07) is 28.0. The number of aryl methyl sites for hydroxylation is 2. The van der Waals surface area contributed by atoms with Crippen molar-refractivity contribution in [1.29, 1.82) is 0 Å². The van der Waals surface area contributed by atoms with Gasteiger partial charge in [0.05, 0.1) is 0 Å². The summed E-state index contributed by atoms with van der Waals surface area (Å²) in [5, 5.41) is 8.09. The lowest BCUT2D eigenvalue weighted by atomic mass is 10.2. The van der Waals surface area contributed by atoms with E-state index in [-0.39, 0.29) is 7.43 Å². The molecule has 152 valence electrons. The smallest absolute Gasteiger partial charge is 0.248 e. The summed E-state index contributed by atoms with van der Waals surface area (Å²) < 4.78 is 5.63. The van der Waals surface area contributed by atoms with Gasteiger partial charge in [0.25, 0.3) is 0 Å². The quantitative estimate of drug-likeness (QED) is 0.352. The van der Waals surface area contributed by atoms with Crippen molar-refractivity contribution in [1.82, 2.24) is 10.2 Å². The molecule has 3 aromatic carbocycles. The molecule has 0 radical (unpaired) electrons. The predicted molar refractivity (Wildman–Crippen MR) is 124 cm³/mol. The number of hydrogen-bond donors (Lipinski definition) is 0. The first-order chi connectivity index (χ1) is 13.6. The van der Waals surface area contributed by atoms with Gasteiger partial charge in [0.2, 0.25) is 11.8 Å². The first-order valence-electron chi connectivity index (χ1n) is 9.61. The number of aromatic nitrogens is 2. The molecule has 1 aromatic heterocycles. The van der Waals surface area contributed by atoms with Crippen LogP contribution in [0.4, 0.5) is 0 Å². The topological polar surface area (TPSA) is 38.9 Å². The first-order valence-corrected chi connectivity index (χ1v) is 9.61. The maximum atomic E-state index is 5.63. The third-order valence-corrected chi connectivity index (χ3v) is 3.68. The molecule has 4 aromatic rings. The highest BCUT2D eigenvalue weighted by Crippen LogP contribution is 2.23. The van der Waals surface area contributed by atoms with Crippen molar-refractivity contribution in [2.45, 2.75) is 41.5 Å². The minimum atomic E-state index is 0. The van der Waals surface area contributed by atoms with Gasteiger partial charge in [-0.05, 0) is 38.1 Å². The van der Waals surface area contributed by atoms with E-state index in [2.05, 4.69) is 62.2 Å². The molecule has 1 heterocycles. The van der Waals surface area contributed by atoms with Crippen molar-refractivity contribution in [3.05, 3.63) is 96.1 Å². The normalized spacial score (nSPS) is 9.24. The molecular weight excluding hydrogens is 356 g/mol. The summed E-state index contributed by atoms with van der Waals surface area (Å²) in [6.07, 6.45) is 1.25. The van der Waals surface area contributed by atoms with Crippen molar-refractivity contribution >= 4 is 0 Å². The van der Waals surface area contributed by atoms with Crippen LogP contribution in [0.15, 0.2) is 89.3 Å². The highest BCUT2D eigenvalue weighted by Gasteiger charge is 2.08. The van der Waals surface area contributed by atoms with Gasteiger partial charge < -0.3 is 4.42 Å². The van der Waals surface area contributed by atoms with E-state index in [0.717, 1.165) is 11.1 Å². The summed E-state index contributed by atoms with van der Waals surface area (Å²) in [7, 11) is 0. The van der Waals surface area contributed by atoms with Crippen molar-refractivity contribution in [2.75, 3.05) is 0 Å². The lowest BCUT2D eigenvalue weighted by Crippen LogP contribution is -1.76. The Kier molecular flexibility index (Phi) is 10.7. The fourth-order valence-electron chi connectivity index (χ4n) is 2.25. The van der Waals surface area contributed by atoms with Gasteiger partial charge in [-0.1, -0.05) is 99.5 Å². The van der Waals surface area contributed by atoms with Crippen LogP contribution in [-0.4, -0.2) is 10.2 Å². The summed E-state index contributed by atoms with van der Waals surface area (Å²) in [4.78, 5) is 0. The molecule has 0 bridgehead atoms. The van der Waals surface area contributed by atoms with Crippen LogP contribution in [-0.2, 0) is 0 Å². The van der Waals surface area contributed by atoms with Gasteiger partial charge in [-0.3, -0.25) is 0 Å². The van der Waals surface area contributed by atoms with E-state index in [1.807, 2.05) is 60.7 Å². The molecule has 0 atom stereocenters. The van der Waals surface area contributed by atoms with Gasteiger partial charge in [-0.25, -0.2) is 0 Å². The van der Waals surface area contributed by atoms with Crippen molar-refractivity contribution in [3.8, 4) is 22.9 Å². The molecule has 0 fully saturated rings. The highest BCUT2D eigenvalue weighted by molar-refractivity contribution is 5.57. The number of hydrogen-bond acceptors (Lipinski definition) is 3. The third-order valence-electron chi connectivity index (χ3n) is 3.68. The minimum Gasteiger partial charge on any atom is -0.416 e. The lowest BCUT2D eigenvalue weighted by molar-refractivity contribution is 0.584. The maximum Gasteiger partial charge on any atom is 0.248 e. The molecular formula is C26H32N2O. The molecule has 0 spiro atoms. The zero-order chi connectivity index (χ0) is 20.2. The molecule has 4 rings (SSSR count). The summed E-state index contributed by atoms with van der Waals surface area (Å²) in [5.74, 6) is 1.09. The fraction of sp³-hybridized carbons (Fsp3) is 0.231. The van der Waals surface area contributed by atoms with E-state index >= 15 is 0 Å². The lowest BCUT2D eigenvalue weighted by Gasteiger charge is -1.93. The van der Waals surface area contributed by atoms with E-state index in [9.17, 15) is 0 Å². The first kappa shape index (κ1) is 23.8. The molecule has 0 aliphatic heterocycles. The number of benzene rings is 3. The minimum absolute atomic E-state index is 0. The maximum absolute atomic E-state index is 5.63. The number of rotatable bonds is 2. The van der Waals surface area contributed by atoms with Crippen LogP contribution in [0.1, 0.15) is 38.8 Å². The van der Waals surface area contributed by atoms with E-state index in [1.54, 1.807) is 0 Å². The van der Waals surface area contributed by atoms with Crippen LogP contribution in [0.5, 0.6) is 0 Å². The van der Waals surface area contributed by atoms with Crippen molar-refractivity contribution in [2.24, 2.45) is 0 Å². The van der Waals surface area contributed by atoms with E-state index < -0.39 is 0 Å². The number of nitrogens with zero attached hydrogens (tertiary/aromatic N) is 2. The molecule has 29 heavy (non-hydrogen) atoms. The van der Waals surface area contributed by atoms with Gasteiger partial charge >= 0.3 is 0 Å². The average molecular weight is 389 g/mol. The molecule has 0 unspecified atom stereocenters. The highest BCUT2D eigenvalue weighted by atomic mass is 16.4. The Morgan fingerprint density at radius 2 is 0.897 bits per heavy atom. The Morgan fingerprint density at radius 3 is 1.21 bits per heavy atom. The molecule has 0 saturated carbocycles. The Balaban J connectivity index is 0.000000296. The Labute approximate surface area is 175 Å². The van der Waals surface area contributed by atoms with E-state index in [0.29, 0.717) is 11.8 Å². The molecule has 0 N–H and O–H groups in total. The predicted octanol–water partition coefficient (Wildman–Crippen LogP) is 7.76. The zero-order valence-corrected chi connectivity index (χ0v) is 17.1. The monoisotopic (exact) mass is 388 g/mol. The van der Waals surface area contributed by atoms with Crippen molar-refractivity contribution in [3.63, 3.8) is 0 Å². The Hall–Kier alpha value is -3.20. The molecule has 0 saturated heterocycles. The van der Waals surface area contributed by atoms with Crippen LogP contribution in [0, 0.1) is 13.8 Å². The summed E-state index contributed by atoms with van der Waals surface area (Å²) in [6.45, 7) is 8.44. The van der Waals surface area contributed by atoms with Crippen LogP contribution in [0.3, 0.4) is 0 Å². The fourth-order valence-corrected chi connectivity index (χ4v) is 2.25. The van der Waals surface area contributed by atoms with Crippen LogP contribution in [0.2, 0.25) is 0 Å². The average Bonchev–Trinajstić information content (AvgIpc) is 3.23. The second-order valence-corrected chi connectivity index (χ2v) is 6.51. The van der Waals surface area contributed by atoms with Crippen LogP contribution >= 0.6 is 0 Å². The Bertz CT molecular complexity index is 839. The summed E-state index contributed by atoms with van der Waals surface area (Å²) in [5.41, 5.74) is 4.52. The second kappa shape index (κ2) is 13.1. The second-order valence-electron chi connectivity index (χ2n) is 6.51. The van der Waals surface area contributed by atoms with E-state index in [4.69, 9.17) is 4.42 Å². The SMILES string of the molecule is C.CCC.Cc1ccc(C)cc1.c1ccc(-c2nnc(-c3ccccc3)o2)cc1. The Morgan fingerprint density at radius 1 is 0.586 bits per heavy atom. The van der Waals surface area contributed by atoms with Gasteiger partial charge in [-0.2, -0.15) is 0 Å². The molecule has 0 aliphatic rings. The summed E-state index contributed by atoms with van der Waals surface area (Å²) >= 11 is 0. The largest absolute Gasteiger partial charge is 0.416 e. The van der Waals surface area contributed by atoms with Gasteiger partial charge in [0, 0.05) is 11.1 Å². The molecule has 0 amide bonds.